The van der Waals surface area contributed by atoms with Crippen molar-refractivity contribution in [1.82, 2.24) is 10.6 Å². The summed E-state index contributed by atoms with van der Waals surface area (Å²) in [6.45, 7) is 2.71. The second-order valence-electron chi connectivity index (χ2n) is 4.72. The summed E-state index contributed by atoms with van der Waals surface area (Å²) in [7, 11) is 0. The van der Waals surface area contributed by atoms with Crippen LogP contribution in [-0.2, 0) is 6.54 Å². The summed E-state index contributed by atoms with van der Waals surface area (Å²) in [5.74, 6) is 0. The van der Waals surface area contributed by atoms with E-state index in [1.807, 2.05) is 11.8 Å². The molecule has 100 valence electrons. The fourth-order valence-electron chi connectivity index (χ4n) is 2.27. The van der Waals surface area contributed by atoms with Crippen LogP contribution >= 0.6 is 23.1 Å². The van der Waals surface area contributed by atoms with Gasteiger partial charge in [-0.15, -0.1) is 11.3 Å². The van der Waals surface area contributed by atoms with Crippen LogP contribution in [0.25, 0.3) is 0 Å². The Balaban J connectivity index is 1.71. The Kier molecular flexibility index (Phi) is 4.95. The molecule has 0 saturated heterocycles. The summed E-state index contributed by atoms with van der Waals surface area (Å²) in [5, 5.41) is 8.78. The first-order valence-electron chi connectivity index (χ1n) is 6.29. The predicted molar refractivity (Wildman–Crippen MR) is 79.4 cm³/mol. The monoisotopic (exact) mass is 284 g/mol. The molecule has 2 rings (SSSR count). The van der Waals surface area contributed by atoms with Crippen molar-refractivity contribution in [3.63, 3.8) is 0 Å². The average Bonchev–Trinajstić information content (AvgIpc) is 2.96. The first kappa shape index (κ1) is 13.7. The van der Waals surface area contributed by atoms with E-state index in [-0.39, 0.29) is 6.03 Å². The van der Waals surface area contributed by atoms with Crippen molar-refractivity contribution in [2.24, 2.45) is 0 Å². The second kappa shape index (κ2) is 6.48. The second-order valence-corrected chi connectivity index (χ2v) is 6.86. The Labute approximate surface area is 117 Å². The Morgan fingerprint density at radius 2 is 2.39 bits per heavy atom. The van der Waals surface area contributed by atoms with E-state index in [1.165, 1.54) is 16.9 Å². The summed E-state index contributed by atoms with van der Waals surface area (Å²) in [4.78, 5) is 13.0. The zero-order chi connectivity index (χ0) is 13.0. The van der Waals surface area contributed by atoms with Crippen LogP contribution < -0.4 is 10.6 Å². The maximum absolute atomic E-state index is 11.8. The van der Waals surface area contributed by atoms with Crippen molar-refractivity contribution < 1.29 is 4.79 Å². The van der Waals surface area contributed by atoms with Gasteiger partial charge in [0.05, 0.1) is 6.54 Å². The van der Waals surface area contributed by atoms with Gasteiger partial charge in [0.15, 0.2) is 0 Å². The predicted octanol–water partition coefficient (Wildman–Crippen LogP) is 3.14. The quantitative estimate of drug-likeness (QED) is 0.892. The lowest BCUT2D eigenvalue weighted by Gasteiger charge is -2.13. The first-order valence-corrected chi connectivity index (χ1v) is 8.46. The van der Waals surface area contributed by atoms with Gasteiger partial charge in [-0.3, -0.25) is 0 Å². The zero-order valence-corrected chi connectivity index (χ0v) is 12.5. The molecular formula is C13H20N2OS2. The summed E-state index contributed by atoms with van der Waals surface area (Å²) < 4.78 is 0. The third-order valence-corrected chi connectivity index (χ3v) is 5.55. The van der Waals surface area contributed by atoms with Crippen LogP contribution in [0.5, 0.6) is 0 Å². The van der Waals surface area contributed by atoms with Gasteiger partial charge in [0.25, 0.3) is 0 Å². The third kappa shape index (κ3) is 3.65. The van der Waals surface area contributed by atoms with E-state index in [0.29, 0.717) is 12.6 Å². The van der Waals surface area contributed by atoms with E-state index >= 15 is 0 Å². The number of amides is 2. The van der Waals surface area contributed by atoms with Crippen molar-refractivity contribution in [3.8, 4) is 0 Å². The molecule has 18 heavy (non-hydrogen) atoms. The number of thioether (sulfide) groups is 1. The lowest BCUT2D eigenvalue weighted by molar-refractivity contribution is 0.237. The van der Waals surface area contributed by atoms with Gasteiger partial charge in [-0.25, -0.2) is 4.79 Å². The molecule has 1 aromatic heterocycles. The van der Waals surface area contributed by atoms with Gasteiger partial charge in [-0.05, 0) is 49.5 Å². The maximum atomic E-state index is 11.8. The zero-order valence-electron chi connectivity index (χ0n) is 10.9. The molecule has 1 aromatic rings. The molecule has 2 amide bonds. The van der Waals surface area contributed by atoms with E-state index in [0.717, 1.165) is 18.1 Å². The van der Waals surface area contributed by atoms with Crippen LogP contribution in [0.4, 0.5) is 4.79 Å². The lowest BCUT2D eigenvalue weighted by Crippen LogP contribution is -2.40. The highest BCUT2D eigenvalue weighted by Gasteiger charge is 2.24. The van der Waals surface area contributed by atoms with Crippen LogP contribution in [0.1, 0.15) is 29.7 Å². The van der Waals surface area contributed by atoms with Gasteiger partial charge in [-0.2, -0.15) is 11.8 Å². The number of rotatable bonds is 4. The van der Waals surface area contributed by atoms with Gasteiger partial charge in [-0.1, -0.05) is 0 Å². The van der Waals surface area contributed by atoms with E-state index in [9.17, 15) is 4.79 Å². The molecule has 3 nitrogen and oxygen atoms in total. The SMILES string of the molecule is CS[C@H]1CC[C@H](NC(=O)NCc2sccc2C)C1. The largest absolute Gasteiger partial charge is 0.335 e. The normalized spacial score (nSPS) is 23.0. The van der Waals surface area contributed by atoms with Crippen molar-refractivity contribution >= 4 is 29.1 Å². The van der Waals surface area contributed by atoms with Crippen LogP contribution in [0, 0.1) is 6.92 Å². The molecule has 0 aliphatic heterocycles. The Morgan fingerprint density at radius 3 is 3.00 bits per heavy atom. The molecule has 1 aliphatic carbocycles. The van der Waals surface area contributed by atoms with E-state index in [1.54, 1.807) is 11.3 Å². The molecule has 1 saturated carbocycles. The molecule has 1 aliphatic rings. The highest BCUT2D eigenvalue weighted by molar-refractivity contribution is 7.99. The van der Waals surface area contributed by atoms with Crippen molar-refractivity contribution in [3.05, 3.63) is 21.9 Å². The van der Waals surface area contributed by atoms with Gasteiger partial charge in [0.2, 0.25) is 0 Å². The van der Waals surface area contributed by atoms with E-state index in [2.05, 4.69) is 35.3 Å². The molecule has 5 heteroatoms. The third-order valence-electron chi connectivity index (χ3n) is 3.43. The number of hydrogen-bond acceptors (Lipinski definition) is 3. The fourth-order valence-corrected chi connectivity index (χ4v) is 3.91. The Bertz CT molecular complexity index is 405. The first-order chi connectivity index (χ1) is 8.69. The Morgan fingerprint density at radius 1 is 1.56 bits per heavy atom. The highest BCUT2D eigenvalue weighted by Crippen LogP contribution is 2.28. The van der Waals surface area contributed by atoms with Crippen LogP contribution in [0.3, 0.4) is 0 Å². The molecule has 0 unspecified atom stereocenters. The molecule has 2 N–H and O–H groups in total. The molecule has 1 heterocycles. The summed E-state index contributed by atoms with van der Waals surface area (Å²) >= 11 is 3.60. The highest BCUT2D eigenvalue weighted by atomic mass is 32.2. The number of urea groups is 1. The summed E-state index contributed by atoms with van der Waals surface area (Å²) in [6, 6.07) is 2.40. The van der Waals surface area contributed by atoms with Crippen molar-refractivity contribution in [2.75, 3.05) is 6.26 Å². The fraction of sp³-hybridized carbons (Fsp3) is 0.615. The number of aryl methyl sites for hydroxylation is 1. The summed E-state index contributed by atoms with van der Waals surface area (Å²) in [6.07, 6.45) is 5.58. The lowest BCUT2D eigenvalue weighted by atomic mass is 10.2. The molecule has 1 fully saturated rings. The number of carbonyl (C=O) groups excluding carboxylic acids is 1. The van der Waals surface area contributed by atoms with Gasteiger partial charge < -0.3 is 10.6 Å². The van der Waals surface area contributed by atoms with Gasteiger partial charge >= 0.3 is 6.03 Å². The molecule has 0 radical (unpaired) electrons. The molecule has 2 atom stereocenters. The van der Waals surface area contributed by atoms with Gasteiger partial charge in [0.1, 0.15) is 0 Å². The average molecular weight is 284 g/mol. The number of thiophene rings is 1. The van der Waals surface area contributed by atoms with E-state index < -0.39 is 0 Å². The van der Waals surface area contributed by atoms with Crippen LogP contribution in [-0.4, -0.2) is 23.6 Å². The molecule has 0 bridgehead atoms. The minimum absolute atomic E-state index is 0.0328. The minimum Gasteiger partial charge on any atom is -0.335 e. The molecule has 0 aromatic carbocycles. The topological polar surface area (TPSA) is 41.1 Å². The molecular weight excluding hydrogens is 264 g/mol. The van der Waals surface area contributed by atoms with Crippen molar-refractivity contribution in [1.29, 1.82) is 0 Å². The number of carbonyl (C=O) groups is 1. The van der Waals surface area contributed by atoms with Crippen LogP contribution in [0.2, 0.25) is 0 Å². The van der Waals surface area contributed by atoms with Crippen molar-refractivity contribution in [2.45, 2.75) is 44.0 Å². The van der Waals surface area contributed by atoms with Crippen LogP contribution in [0.15, 0.2) is 11.4 Å². The number of nitrogens with one attached hydrogen (secondary N) is 2. The molecule has 0 spiro atoms. The smallest absolute Gasteiger partial charge is 0.315 e. The number of hydrogen-bond donors (Lipinski definition) is 2. The maximum Gasteiger partial charge on any atom is 0.315 e. The van der Waals surface area contributed by atoms with Gasteiger partial charge in [0, 0.05) is 16.2 Å². The standard InChI is InChI=1S/C13H20N2OS2/c1-9-5-6-18-12(9)8-14-13(16)15-10-3-4-11(7-10)17-2/h5-6,10-11H,3-4,7-8H2,1-2H3,(H2,14,15,16)/t10-,11-/m0/s1. The van der Waals surface area contributed by atoms with E-state index in [4.69, 9.17) is 0 Å². The summed E-state index contributed by atoms with van der Waals surface area (Å²) in [5.41, 5.74) is 1.25. The minimum atomic E-state index is -0.0328. The Hall–Kier alpha value is -0.680.